The smallest absolute Gasteiger partial charge is 0.433 e. The van der Waals surface area contributed by atoms with E-state index in [1.54, 1.807) is 29.2 Å². The van der Waals surface area contributed by atoms with Crippen molar-refractivity contribution in [2.75, 3.05) is 5.32 Å². The first kappa shape index (κ1) is 23.7. The molecule has 180 valence electrons. The lowest BCUT2D eigenvalue weighted by atomic mass is 9.79. The van der Waals surface area contributed by atoms with Crippen LogP contribution < -0.4 is 5.32 Å². The van der Waals surface area contributed by atoms with E-state index in [1.165, 1.54) is 0 Å². The Hall–Kier alpha value is -3.47. The fourth-order valence-electron chi connectivity index (χ4n) is 4.19. The van der Waals surface area contributed by atoms with E-state index >= 15 is 0 Å². The van der Waals surface area contributed by atoms with Gasteiger partial charge in [0.25, 0.3) is 0 Å². The predicted octanol–water partition coefficient (Wildman–Crippen LogP) is 4.42. The van der Waals surface area contributed by atoms with Crippen LogP contribution in [0.2, 0.25) is 0 Å². The van der Waals surface area contributed by atoms with Crippen LogP contribution in [0.15, 0.2) is 42.9 Å². The highest BCUT2D eigenvalue weighted by molar-refractivity contribution is 5.70. The van der Waals surface area contributed by atoms with Crippen molar-refractivity contribution in [2.45, 2.75) is 50.9 Å². The second kappa shape index (κ2) is 9.05. The maximum absolute atomic E-state index is 12.9. The Morgan fingerprint density at radius 1 is 1.24 bits per heavy atom. The molecule has 3 aromatic rings. The summed E-state index contributed by atoms with van der Waals surface area (Å²) in [5.41, 5.74) is 0.879. The van der Waals surface area contributed by atoms with Gasteiger partial charge in [-0.25, -0.2) is 9.97 Å². The molecular weight excluding hydrogens is 451 g/mol. The van der Waals surface area contributed by atoms with Crippen molar-refractivity contribution in [3.05, 3.63) is 54.1 Å². The number of aliphatic hydroxyl groups is 1. The fourth-order valence-corrected chi connectivity index (χ4v) is 4.19. The minimum absolute atomic E-state index is 0.166. The molecule has 1 fully saturated rings. The number of nitrogens with zero attached hydrogens (tertiary/aromatic N) is 4. The van der Waals surface area contributed by atoms with Crippen LogP contribution in [0, 0.1) is 12.8 Å². The van der Waals surface area contributed by atoms with Crippen molar-refractivity contribution in [2.24, 2.45) is 5.92 Å². The maximum Gasteiger partial charge on any atom is 0.433 e. The Morgan fingerprint density at radius 3 is 2.65 bits per heavy atom. The second-order valence-electron chi connectivity index (χ2n) is 8.74. The third kappa shape index (κ3) is 5.53. The summed E-state index contributed by atoms with van der Waals surface area (Å²) in [5, 5.41) is 27.2. The SMILES string of the molecule is Cc1cc(Nc2nccc(C(F)(F)F)n2)cc(-c2cnn(C[C@]3(O)CC[C@@H](C(=O)O)CC3)c2)c1. The van der Waals surface area contributed by atoms with Gasteiger partial charge in [0, 0.05) is 23.6 Å². The van der Waals surface area contributed by atoms with Crippen LogP contribution in [0.1, 0.15) is 36.9 Å². The third-order valence-electron chi connectivity index (χ3n) is 5.97. The molecule has 0 aliphatic heterocycles. The molecule has 2 aromatic heterocycles. The largest absolute Gasteiger partial charge is 0.481 e. The number of carboxylic acid groups (broad SMARTS) is 1. The number of rotatable bonds is 6. The number of aromatic nitrogens is 4. The fraction of sp³-hybridized carbons (Fsp3) is 0.391. The Bertz CT molecular complexity index is 1190. The van der Waals surface area contributed by atoms with Crippen LogP contribution in [0.3, 0.4) is 0 Å². The number of hydrogen-bond donors (Lipinski definition) is 3. The van der Waals surface area contributed by atoms with Gasteiger partial charge in [0.2, 0.25) is 5.95 Å². The molecule has 11 heteroatoms. The number of nitrogens with one attached hydrogen (secondary N) is 1. The molecule has 0 unspecified atom stereocenters. The summed E-state index contributed by atoms with van der Waals surface area (Å²) in [5.74, 6) is -1.42. The maximum atomic E-state index is 12.9. The number of aryl methyl sites for hydroxylation is 1. The Morgan fingerprint density at radius 2 is 1.97 bits per heavy atom. The van der Waals surface area contributed by atoms with Gasteiger partial charge < -0.3 is 15.5 Å². The van der Waals surface area contributed by atoms with Crippen LogP contribution in [0.5, 0.6) is 0 Å². The molecule has 1 aliphatic carbocycles. The number of carboxylic acids is 1. The van der Waals surface area contributed by atoms with Gasteiger partial charge in [-0.05, 0) is 61.9 Å². The summed E-state index contributed by atoms with van der Waals surface area (Å²) in [6.45, 7) is 2.10. The topological polar surface area (TPSA) is 113 Å². The van der Waals surface area contributed by atoms with Crippen LogP contribution in [-0.4, -0.2) is 41.5 Å². The predicted molar refractivity (Wildman–Crippen MR) is 117 cm³/mol. The first-order valence-corrected chi connectivity index (χ1v) is 10.8. The number of hydrogen-bond acceptors (Lipinski definition) is 6. The van der Waals surface area contributed by atoms with Crippen molar-refractivity contribution in [1.29, 1.82) is 0 Å². The van der Waals surface area contributed by atoms with E-state index in [1.807, 2.05) is 13.0 Å². The zero-order chi connectivity index (χ0) is 24.5. The molecule has 3 N–H and O–H groups in total. The average molecular weight is 475 g/mol. The highest BCUT2D eigenvalue weighted by atomic mass is 19.4. The van der Waals surface area contributed by atoms with E-state index < -0.39 is 29.4 Å². The number of anilines is 2. The lowest BCUT2D eigenvalue weighted by molar-refractivity contribution is -0.145. The Balaban J connectivity index is 1.49. The minimum atomic E-state index is -4.57. The Labute approximate surface area is 193 Å². The van der Waals surface area contributed by atoms with E-state index in [-0.39, 0.29) is 12.5 Å². The van der Waals surface area contributed by atoms with Gasteiger partial charge in [0.05, 0.1) is 24.3 Å². The molecule has 1 saturated carbocycles. The van der Waals surface area contributed by atoms with E-state index in [2.05, 4.69) is 20.4 Å². The zero-order valence-corrected chi connectivity index (χ0v) is 18.4. The molecule has 0 bridgehead atoms. The third-order valence-corrected chi connectivity index (χ3v) is 5.97. The molecule has 0 saturated heterocycles. The van der Waals surface area contributed by atoms with Crippen molar-refractivity contribution in [3.63, 3.8) is 0 Å². The summed E-state index contributed by atoms with van der Waals surface area (Å²) in [7, 11) is 0. The van der Waals surface area contributed by atoms with Crippen molar-refractivity contribution in [1.82, 2.24) is 19.7 Å². The molecule has 2 heterocycles. The molecule has 1 aromatic carbocycles. The molecule has 8 nitrogen and oxygen atoms in total. The molecule has 34 heavy (non-hydrogen) atoms. The zero-order valence-electron chi connectivity index (χ0n) is 18.4. The molecular formula is C23H24F3N5O3. The molecule has 0 spiro atoms. The van der Waals surface area contributed by atoms with Gasteiger partial charge in [-0.1, -0.05) is 6.07 Å². The monoisotopic (exact) mass is 475 g/mol. The molecule has 0 atom stereocenters. The van der Waals surface area contributed by atoms with Crippen molar-refractivity contribution < 1.29 is 28.2 Å². The van der Waals surface area contributed by atoms with Crippen LogP contribution in [0.25, 0.3) is 11.1 Å². The highest BCUT2D eigenvalue weighted by Crippen LogP contribution is 2.34. The van der Waals surface area contributed by atoms with Gasteiger partial charge >= 0.3 is 12.1 Å². The average Bonchev–Trinajstić information content (AvgIpc) is 3.21. The first-order chi connectivity index (χ1) is 16.0. The highest BCUT2D eigenvalue weighted by Gasteiger charge is 2.36. The van der Waals surface area contributed by atoms with Gasteiger partial charge in [-0.3, -0.25) is 9.48 Å². The van der Waals surface area contributed by atoms with E-state index in [4.69, 9.17) is 5.11 Å². The number of aliphatic carboxylic acids is 1. The summed E-state index contributed by atoms with van der Waals surface area (Å²) in [6, 6.07) is 6.24. The quantitative estimate of drug-likeness (QED) is 0.484. The van der Waals surface area contributed by atoms with Gasteiger partial charge in [0.1, 0.15) is 5.69 Å². The van der Waals surface area contributed by atoms with Crippen molar-refractivity contribution in [3.8, 4) is 11.1 Å². The second-order valence-corrected chi connectivity index (χ2v) is 8.74. The van der Waals surface area contributed by atoms with E-state index in [0.717, 1.165) is 29.0 Å². The molecule has 0 amide bonds. The lowest BCUT2D eigenvalue weighted by Gasteiger charge is -2.34. The Kier molecular flexibility index (Phi) is 6.30. The number of alkyl halides is 3. The van der Waals surface area contributed by atoms with E-state index in [9.17, 15) is 23.1 Å². The standard InChI is InChI=1S/C23H24F3N5O3/c1-14-8-16(10-18(9-14)29-21-27-7-4-19(30-21)23(24,25)26)17-11-28-31(12-17)13-22(34)5-2-15(3-6-22)20(32)33/h4,7-12,15,34H,2-3,5-6,13H2,1H3,(H,32,33)(H,27,29,30)/t15-,22+. The summed E-state index contributed by atoms with van der Waals surface area (Å²) >= 11 is 0. The first-order valence-electron chi connectivity index (χ1n) is 10.8. The molecule has 4 rings (SSSR count). The summed E-state index contributed by atoms with van der Waals surface area (Å²) < 4.78 is 40.4. The lowest BCUT2D eigenvalue weighted by Crippen LogP contribution is -2.39. The summed E-state index contributed by atoms with van der Waals surface area (Å²) in [6.07, 6.45) is 1.51. The normalized spacial score (nSPS) is 20.8. The van der Waals surface area contributed by atoms with Crippen LogP contribution in [0.4, 0.5) is 24.8 Å². The minimum Gasteiger partial charge on any atom is -0.481 e. The molecule has 1 aliphatic rings. The number of benzene rings is 1. The van der Waals surface area contributed by atoms with Gasteiger partial charge in [0.15, 0.2) is 0 Å². The van der Waals surface area contributed by atoms with E-state index in [0.29, 0.717) is 31.4 Å². The van der Waals surface area contributed by atoms with Gasteiger partial charge in [-0.15, -0.1) is 0 Å². The van der Waals surface area contributed by atoms with Gasteiger partial charge in [-0.2, -0.15) is 18.3 Å². The molecule has 0 radical (unpaired) electrons. The van der Waals surface area contributed by atoms with Crippen LogP contribution >= 0.6 is 0 Å². The summed E-state index contributed by atoms with van der Waals surface area (Å²) in [4.78, 5) is 18.6. The van der Waals surface area contributed by atoms with Crippen molar-refractivity contribution >= 4 is 17.6 Å². The number of carbonyl (C=O) groups is 1. The van der Waals surface area contributed by atoms with Crippen LogP contribution in [-0.2, 0) is 17.5 Å². The number of halogens is 3.